The summed E-state index contributed by atoms with van der Waals surface area (Å²) in [6.07, 6.45) is 4.49. The second kappa shape index (κ2) is 6.91. The smallest absolute Gasteiger partial charge is 0.0272 e. The molecule has 3 rings (SSSR count). The summed E-state index contributed by atoms with van der Waals surface area (Å²) >= 11 is 0. The summed E-state index contributed by atoms with van der Waals surface area (Å²) in [7, 11) is 0. The van der Waals surface area contributed by atoms with Gasteiger partial charge in [0.15, 0.2) is 0 Å². The molecule has 1 unspecified atom stereocenters. The Morgan fingerprint density at radius 3 is 1.82 bits per heavy atom. The van der Waals surface area contributed by atoms with Gasteiger partial charge in [0.1, 0.15) is 0 Å². The summed E-state index contributed by atoms with van der Waals surface area (Å²) in [5.41, 5.74) is 5.17. The summed E-state index contributed by atoms with van der Waals surface area (Å²) < 4.78 is 0. The van der Waals surface area contributed by atoms with E-state index in [4.69, 9.17) is 0 Å². The van der Waals surface area contributed by atoms with E-state index in [-0.39, 0.29) is 5.92 Å². The Morgan fingerprint density at radius 1 is 0.636 bits per heavy atom. The second-order valence-corrected chi connectivity index (χ2v) is 5.57. The molecule has 0 saturated heterocycles. The van der Waals surface area contributed by atoms with E-state index >= 15 is 0 Å². The minimum absolute atomic E-state index is 0.280. The van der Waals surface area contributed by atoms with Crippen molar-refractivity contribution in [3.05, 3.63) is 113 Å². The molecule has 0 heterocycles. The molecule has 0 fully saturated rings. The maximum atomic E-state index is 2.29. The number of hydrogen-bond donors (Lipinski definition) is 0. The van der Waals surface area contributed by atoms with Crippen LogP contribution in [-0.4, -0.2) is 0 Å². The molecule has 3 aromatic carbocycles. The van der Waals surface area contributed by atoms with Crippen LogP contribution in [0.15, 0.2) is 91.0 Å². The van der Waals surface area contributed by atoms with Crippen molar-refractivity contribution in [2.75, 3.05) is 0 Å². The lowest BCUT2D eigenvalue weighted by Gasteiger charge is -2.14. The van der Waals surface area contributed by atoms with E-state index in [1.54, 1.807) is 0 Å². The van der Waals surface area contributed by atoms with Gasteiger partial charge in [0, 0.05) is 5.92 Å². The van der Waals surface area contributed by atoms with Crippen LogP contribution in [0.4, 0.5) is 0 Å². The molecule has 0 nitrogen and oxygen atoms in total. The first-order chi connectivity index (χ1) is 10.8. The normalized spacial score (nSPS) is 12.4. The van der Waals surface area contributed by atoms with Gasteiger partial charge in [-0.25, -0.2) is 0 Å². The molecule has 1 atom stereocenters. The number of hydrogen-bond acceptors (Lipinski definition) is 0. The Hall–Kier alpha value is -2.60. The molecular formula is C22H20. The average Bonchev–Trinajstić information content (AvgIpc) is 2.58. The summed E-state index contributed by atoms with van der Waals surface area (Å²) in [5, 5.41) is 0. The van der Waals surface area contributed by atoms with Crippen molar-refractivity contribution in [2.45, 2.75) is 12.8 Å². The lowest BCUT2D eigenvalue weighted by atomic mass is 9.90. The third-order valence-corrected chi connectivity index (χ3v) is 3.88. The van der Waals surface area contributed by atoms with Gasteiger partial charge in [-0.2, -0.15) is 0 Å². The molecule has 108 valence electrons. The van der Waals surface area contributed by atoms with Crippen LogP contribution in [0.25, 0.3) is 6.08 Å². The first kappa shape index (κ1) is 14.3. The quantitative estimate of drug-likeness (QED) is 0.564. The van der Waals surface area contributed by atoms with E-state index < -0.39 is 0 Å². The molecule has 0 aliphatic carbocycles. The molecular weight excluding hydrogens is 264 g/mol. The van der Waals surface area contributed by atoms with E-state index in [1.807, 2.05) is 6.07 Å². The summed E-state index contributed by atoms with van der Waals surface area (Å²) in [6, 6.07) is 29.9. The molecule has 0 aliphatic heterocycles. The summed E-state index contributed by atoms with van der Waals surface area (Å²) in [4.78, 5) is 0. The standard InChI is InChI=1S/C22H20/c1-18-12-15-21(16-13-18)22(20-10-6-3-7-11-20)17-14-19-8-4-2-5-9-19/h2-17,22H,1H3. The molecule has 0 bridgehead atoms. The van der Waals surface area contributed by atoms with Crippen molar-refractivity contribution in [1.29, 1.82) is 0 Å². The van der Waals surface area contributed by atoms with Crippen molar-refractivity contribution < 1.29 is 0 Å². The lowest BCUT2D eigenvalue weighted by Crippen LogP contribution is -1.97. The van der Waals surface area contributed by atoms with Gasteiger partial charge in [-0.3, -0.25) is 0 Å². The third-order valence-electron chi connectivity index (χ3n) is 3.88. The third kappa shape index (κ3) is 3.53. The van der Waals surface area contributed by atoms with Crippen LogP contribution in [0.2, 0.25) is 0 Å². The van der Waals surface area contributed by atoms with Crippen LogP contribution in [0.1, 0.15) is 28.2 Å². The van der Waals surface area contributed by atoms with E-state index in [9.17, 15) is 0 Å². The van der Waals surface area contributed by atoms with Crippen molar-refractivity contribution in [3.63, 3.8) is 0 Å². The largest absolute Gasteiger partial charge is 0.0721 e. The van der Waals surface area contributed by atoms with Crippen LogP contribution in [0, 0.1) is 6.92 Å². The average molecular weight is 284 g/mol. The zero-order chi connectivity index (χ0) is 15.2. The Bertz CT molecular complexity index is 722. The minimum atomic E-state index is 0.280. The maximum Gasteiger partial charge on any atom is 0.0272 e. The Balaban J connectivity index is 1.96. The number of aryl methyl sites for hydroxylation is 1. The zero-order valence-corrected chi connectivity index (χ0v) is 12.8. The Morgan fingerprint density at radius 2 is 1.18 bits per heavy atom. The lowest BCUT2D eigenvalue weighted by molar-refractivity contribution is 1.03. The van der Waals surface area contributed by atoms with E-state index in [1.165, 1.54) is 22.3 Å². The van der Waals surface area contributed by atoms with Gasteiger partial charge in [0.05, 0.1) is 0 Å². The van der Waals surface area contributed by atoms with Gasteiger partial charge >= 0.3 is 0 Å². The SMILES string of the molecule is Cc1ccc(C(C=Cc2ccccc2)c2ccccc2)cc1. The first-order valence-corrected chi connectivity index (χ1v) is 7.68. The molecule has 0 amide bonds. The van der Waals surface area contributed by atoms with Crippen molar-refractivity contribution >= 4 is 6.08 Å². The highest BCUT2D eigenvalue weighted by molar-refractivity contribution is 5.53. The molecule has 3 aromatic rings. The zero-order valence-electron chi connectivity index (χ0n) is 12.8. The molecule has 0 N–H and O–H groups in total. The monoisotopic (exact) mass is 284 g/mol. The highest BCUT2D eigenvalue weighted by Gasteiger charge is 2.10. The number of rotatable bonds is 4. The fraction of sp³-hybridized carbons (Fsp3) is 0.0909. The van der Waals surface area contributed by atoms with Gasteiger partial charge in [-0.15, -0.1) is 0 Å². The minimum Gasteiger partial charge on any atom is -0.0721 e. The van der Waals surface area contributed by atoms with Crippen molar-refractivity contribution in [3.8, 4) is 0 Å². The molecule has 0 spiro atoms. The summed E-state index contributed by atoms with van der Waals surface area (Å²) in [5.74, 6) is 0.280. The Kier molecular flexibility index (Phi) is 4.50. The van der Waals surface area contributed by atoms with E-state index in [0.717, 1.165) is 0 Å². The second-order valence-electron chi connectivity index (χ2n) is 5.57. The van der Waals surface area contributed by atoms with Crippen molar-refractivity contribution in [1.82, 2.24) is 0 Å². The Labute approximate surface area is 132 Å². The first-order valence-electron chi connectivity index (χ1n) is 7.68. The van der Waals surface area contributed by atoms with Gasteiger partial charge in [-0.05, 0) is 23.6 Å². The van der Waals surface area contributed by atoms with Crippen molar-refractivity contribution in [2.24, 2.45) is 0 Å². The van der Waals surface area contributed by atoms with E-state index in [2.05, 4.69) is 97.9 Å². The predicted molar refractivity (Wildman–Crippen MR) is 94.9 cm³/mol. The van der Waals surface area contributed by atoms with Gasteiger partial charge in [0.2, 0.25) is 0 Å². The maximum absolute atomic E-state index is 2.29. The van der Waals surface area contributed by atoms with E-state index in [0.29, 0.717) is 0 Å². The topological polar surface area (TPSA) is 0 Å². The number of allylic oxidation sites excluding steroid dienone is 1. The van der Waals surface area contributed by atoms with Crippen LogP contribution < -0.4 is 0 Å². The fourth-order valence-electron chi connectivity index (χ4n) is 2.62. The van der Waals surface area contributed by atoms with Gasteiger partial charge < -0.3 is 0 Å². The molecule has 22 heavy (non-hydrogen) atoms. The molecule has 0 heteroatoms. The van der Waals surface area contributed by atoms with Gasteiger partial charge in [-0.1, -0.05) is 103 Å². The fourth-order valence-corrected chi connectivity index (χ4v) is 2.62. The number of benzene rings is 3. The molecule has 0 saturated carbocycles. The highest BCUT2D eigenvalue weighted by atomic mass is 14.1. The molecule has 0 radical (unpaired) electrons. The molecule has 0 aliphatic rings. The van der Waals surface area contributed by atoms with Crippen LogP contribution in [0.3, 0.4) is 0 Å². The van der Waals surface area contributed by atoms with Gasteiger partial charge in [0.25, 0.3) is 0 Å². The predicted octanol–water partition coefficient (Wildman–Crippen LogP) is 5.84. The van der Waals surface area contributed by atoms with Crippen LogP contribution in [-0.2, 0) is 0 Å². The van der Waals surface area contributed by atoms with Crippen LogP contribution >= 0.6 is 0 Å². The summed E-state index contributed by atoms with van der Waals surface area (Å²) in [6.45, 7) is 2.13. The van der Waals surface area contributed by atoms with Crippen LogP contribution in [0.5, 0.6) is 0 Å². The highest BCUT2D eigenvalue weighted by Crippen LogP contribution is 2.27. The molecule has 0 aromatic heterocycles.